The van der Waals surface area contributed by atoms with Crippen LogP contribution in [0.3, 0.4) is 0 Å². The molecule has 3 N–H and O–H groups in total. The van der Waals surface area contributed by atoms with Gasteiger partial charge in [-0.2, -0.15) is 0 Å². The molecule has 2 rings (SSSR count). The van der Waals surface area contributed by atoms with Crippen molar-refractivity contribution in [2.75, 3.05) is 25.0 Å². The molecule has 0 aliphatic carbocycles. The predicted molar refractivity (Wildman–Crippen MR) is 93.2 cm³/mol. The van der Waals surface area contributed by atoms with Crippen molar-refractivity contribution >= 4 is 45.8 Å². The summed E-state index contributed by atoms with van der Waals surface area (Å²) in [6.07, 6.45) is 2.23. The number of halogens is 2. The Balaban J connectivity index is 0.00000242. The van der Waals surface area contributed by atoms with E-state index in [1.165, 1.54) is 0 Å². The zero-order valence-electron chi connectivity index (χ0n) is 12.2. The molecule has 1 aromatic rings. The van der Waals surface area contributed by atoms with Crippen molar-refractivity contribution in [3.63, 3.8) is 0 Å². The fourth-order valence-corrected chi connectivity index (χ4v) is 2.54. The van der Waals surface area contributed by atoms with Crippen molar-refractivity contribution in [2.24, 2.45) is 5.92 Å². The third-order valence-electron chi connectivity index (χ3n) is 3.45. The van der Waals surface area contributed by atoms with Crippen LogP contribution in [0.2, 0.25) is 0 Å². The van der Waals surface area contributed by atoms with Crippen LogP contribution in [0.15, 0.2) is 28.7 Å². The van der Waals surface area contributed by atoms with Gasteiger partial charge in [0.25, 0.3) is 0 Å². The second-order valence-corrected chi connectivity index (χ2v) is 6.06. The fourth-order valence-electron chi connectivity index (χ4n) is 2.28. The van der Waals surface area contributed by atoms with Crippen molar-refractivity contribution < 1.29 is 9.59 Å². The molecule has 22 heavy (non-hydrogen) atoms. The van der Waals surface area contributed by atoms with Gasteiger partial charge in [-0.25, -0.2) is 0 Å². The molecule has 2 amide bonds. The average Bonchev–Trinajstić information content (AvgIpc) is 2.50. The topological polar surface area (TPSA) is 70.2 Å². The number of carbonyl (C=O) groups is 2. The van der Waals surface area contributed by atoms with Gasteiger partial charge in [0.2, 0.25) is 11.8 Å². The van der Waals surface area contributed by atoms with Crippen LogP contribution in [0.5, 0.6) is 0 Å². The van der Waals surface area contributed by atoms with Gasteiger partial charge in [-0.15, -0.1) is 12.4 Å². The third kappa shape index (κ3) is 6.34. The molecule has 1 fully saturated rings. The quantitative estimate of drug-likeness (QED) is 0.722. The Morgan fingerprint density at radius 2 is 2.00 bits per heavy atom. The van der Waals surface area contributed by atoms with Gasteiger partial charge in [0.1, 0.15) is 0 Å². The van der Waals surface area contributed by atoms with Gasteiger partial charge < -0.3 is 16.0 Å². The highest BCUT2D eigenvalue weighted by Gasteiger charge is 2.20. The van der Waals surface area contributed by atoms with Crippen molar-refractivity contribution in [3.8, 4) is 0 Å². The molecule has 0 radical (unpaired) electrons. The Bertz CT molecular complexity index is 490. The monoisotopic (exact) mass is 389 g/mol. The summed E-state index contributed by atoms with van der Waals surface area (Å²) in [5.41, 5.74) is 0.756. The lowest BCUT2D eigenvalue weighted by molar-refractivity contribution is -0.125. The number of benzene rings is 1. The highest BCUT2D eigenvalue weighted by Crippen LogP contribution is 2.14. The summed E-state index contributed by atoms with van der Waals surface area (Å²) >= 11 is 3.34. The van der Waals surface area contributed by atoms with Gasteiger partial charge in [0, 0.05) is 29.7 Å². The van der Waals surface area contributed by atoms with Crippen LogP contribution in [-0.2, 0) is 9.59 Å². The van der Waals surface area contributed by atoms with E-state index in [0.29, 0.717) is 6.54 Å². The van der Waals surface area contributed by atoms with Gasteiger partial charge in [-0.1, -0.05) is 15.9 Å². The maximum atomic E-state index is 11.9. The number of hydrogen-bond acceptors (Lipinski definition) is 3. The van der Waals surface area contributed by atoms with Gasteiger partial charge >= 0.3 is 0 Å². The highest BCUT2D eigenvalue weighted by molar-refractivity contribution is 9.10. The maximum Gasteiger partial charge on any atom is 0.226 e. The van der Waals surface area contributed by atoms with Crippen LogP contribution in [0.25, 0.3) is 0 Å². The Morgan fingerprint density at radius 1 is 1.27 bits per heavy atom. The van der Waals surface area contributed by atoms with Crippen LogP contribution in [-0.4, -0.2) is 31.4 Å². The second kappa shape index (κ2) is 9.82. The van der Waals surface area contributed by atoms with Crippen molar-refractivity contribution in [2.45, 2.75) is 19.3 Å². The molecule has 7 heteroatoms. The summed E-state index contributed by atoms with van der Waals surface area (Å²) in [7, 11) is 0. The molecule has 0 saturated carbocycles. The van der Waals surface area contributed by atoms with Crippen LogP contribution in [0.1, 0.15) is 19.3 Å². The van der Waals surface area contributed by atoms with Crippen molar-refractivity contribution in [1.29, 1.82) is 0 Å². The van der Waals surface area contributed by atoms with Crippen LogP contribution in [0.4, 0.5) is 5.69 Å². The molecular weight excluding hydrogens is 370 g/mol. The van der Waals surface area contributed by atoms with E-state index in [-0.39, 0.29) is 36.6 Å². The number of rotatable bonds is 5. The lowest BCUT2D eigenvalue weighted by Crippen LogP contribution is -2.41. The molecule has 1 aliphatic rings. The van der Waals surface area contributed by atoms with E-state index in [4.69, 9.17) is 0 Å². The van der Waals surface area contributed by atoms with E-state index in [1.54, 1.807) is 0 Å². The molecule has 0 spiro atoms. The molecule has 122 valence electrons. The summed E-state index contributed by atoms with van der Waals surface area (Å²) in [6.45, 7) is 2.09. The molecule has 1 heterocycles. The summed E-state index contributed by atoms with van der Waals surface area (Å²) in [6, 6.07) is 7.39. The van der Waals surface area contributed by atoms with Crippen LogP contribution >= 0.6 is 28.3 Å². The Hall–Kier alpha value is -1.11. The SMILES string of the molecule is Cl.O=C(CCNC(=O)C1CCCNC1)Nc1ccc(Br)cc1. The molecule has 1 aliphatic heterocycles. The average molecular weight is 391 g/mol. The first-order valence-corrected chi connectivity index (χ1v) is 7.98. The zero-order chi connectivity index (χ0) is 15.1. The Labute approximate surface area is 145 Å². The second-order valence-electron chi connectivity index (χ2n) is 5.14. The highest BCUT2D eigenvalue weighted by atomic mass is 79.9. The molecule has 1 unspecified atom stereocenters. The summed E-state index contributed by atoms with van der Waals surface area (Å²) in [5, 5.41) is 8.84. The molecule has 1 saturated heterocycles. The van der Waals surface area contributed by atoms with Crippen LogP contribution < -0.4 is 16.0 Å². The van der Waals surface area contributed by atoms with Crippen molar-refractivity contribution in [3.05, 3.63) is 28.7 Å². The minimum atomic E-state index is -0.0978. The smallest absolute Gasteiger partial charge is 0.226 e. The number of hydrogen-bond donors (Lipinski definition) is 3. The Morgan fingerprint density at radius 3 is 2.64 bits per heavy atom. The number of anilines is 1. The molecular formula is C15H21BrClN3O2. The first-order chi connectivity index (χ1) is 10.1. The first-order valence-electron chi connectivity index (χ1n) is 7.19. The summed E-state index contributed by atoms with van der Waals surface area (Å²) < 4.78 is 0.967. The molecule has 5 nitrogen and oxygen atoms in total. The van der Waals surface area contributed by atoms with Gasteiger partial charge in [0.15, 0.2) is 0 Å². The number of nitrogens with one attached hydrogen (secondary N) is 3. The molecule has 1 atom stereocenters. The summed E-state index contributed by atoms with van der Waals surface area (Å²) in [5.74, 6) is -0.0219. The van der Waals surface area contributed by atoms with E-state index in [0.717, 1.165) is 36.1 Å². The van der Waals surface area contributed by atoms with E-state index >= 15 is 0 Å². The maximum absolute atomic E-state index is 11.9. The third-order valence-corrected chi connectivity index (χ3v) is 3.98. The first kappa shape index (κ1) is 18.9. The summed E-state index contributed by atoms with van der Waals surface area (Å²) in [4.78, 5) is 23.7. The molecule has 0 aromatic heterocycles. The van der Waals surface area contributed by atoms with E-state index in [9.17, 15) is 9.59 Å². The minimum absolute atomic E-state index is 0. The lowest BCUT2D eigenvalue weighted by atomic mass is 9.99. The van der Waals surface area contributed by atoms with Gasteiger partial charge in [-0.3, -0.25) is 9.59 Å². The van der Waals surface area contributed by atoms with Crippen LogP contribution in [0, 0.1) is 5.92 Å². The van der Waals surface area contributed by atoms with Crippen molar-refractivity contribution in [1.82, 2.24) is 10.6 Å². The fraction of sp³-hybridized carbons (Fsp3) is 0.467. The van der Waals surface area contributed by atoms with Gasteiger partial charge in [0.05, 0.1) is 5.92 Å². The number of carbonyl (C=O) groups excluding carboxylic acids is 2. The van der Waals surface area contributed by atoms with E-state index < -0.39 is 0 Å². The lowest BCUT2D eigenvalue weighted by Gasteiger charge is -2.21. The van der Waals surface area contributed by atoms with Gasteiger partial charge in [-0.05, 0) is 43.7 Å². The number of amides is 2. The van der Waals surface area contributed by atoms with E-state index in [2.05, 4.69) is 31.9 Å². The molecule has 0 bridgehead atoms. The number of piperidine rings is 1. The largest absolute Gasteiger partial charge is 0.355 e. The minimum Gasteiger partial charge on any atom is -0.355 e. The standard InChI is InChI=1S/C15H20BrN3O2.ClH/c16-12-3-5-13(6-4-12)19-14(20)7-9-18-15(21)11-2-1-8-17-10-11;/h3-6,11,17H,1-2,7-10H2,(H,18,21)(H,19,20);1H. The predicted octanol–water partition coefficient (Wildman–Crippen LogP) is 2.32. The normalized spacial score (nSPS) is 17.2. The van der Waals surface area contributed by atoms with E-state index in [1.807, 2.05) is 24.3 Å². The molecule has 1 aromatic carbocycles. The zero-order valence-corrected chi connectivity index (χ0v) is 14.6. The Kier molecular flexibility index (Phi) is 8.45.